The molecular formula is C30H33FN2O4. The fraction of sp³-hybridized carbons (Fsp3) is 0.367. The van der Waals surface area contributed by atoms with E-state index in [2.05, 4.69) is 11.1 Å². The Bertz CT molecular complexity index is 1310. The van der Waals surface area contributed by atoms with E-state index < -0.39 is 11.4 Å². The van der Waals surface area contributed by atoms with Crippen molar-refractivity contribution in [3.05, 3.63) is 83.2 Å². The van der Waals surface area contributed by atoms with E-state index in [9.17, 15) is 14.0 Å². The van der Waals surface area contributed by atoms with Crippen molar-refractivity contribution in [2.45, 2.75) is 52.6 Å². The zero-order valence-corrected chi connectivity index (χ0v) is 21.8. The average Bonchev–Trinajstić information content (AvgIpc) is 3.31. The second-order valence-electron chi connectivity index (χ2n) is 9.87. The van der Waals surface area contributed by atoms with E-state index in [0.717, 1.165) is 40.3 Å². The first kappa shape index (κ1) is 26.3. The largest absolute Gasteiger partial charge is 0.485 e. The molecule has 0 saturated carbocycles. The monoisotopic (exact) mass is 504 g/mol. The number of aromatic nitrogens is 2. The summed E-state index contributed by atoms with van der Waals surface area (Å²) in [7, 11) is 1.95. The Hall–Kier alpha value is -3.74. The number of ether oxygens (including phenoxy) is 2. The van der Waals surface area contributed by atoms with Gasteiger partial charge in [0.1, 0.15) is 34.7 Å². The molecule has 2 heterocycles. The molecule has 0 spiro atoms. The molecule has 0 amide bonds. The van der Waals surface area contributed by atoms with Gasteiger partial charge in [0, 0.05) is 37.0 Å². The number of ketones is 1. The second kappa shape index (κ2) is 11.1. The molecule has 4 rings (SSSR count). The predicted molar refractivity (Wildman–Crippen MR) is 140 cm³/mol. The minimum absolute atomic E-state index is 0.148. The Morgan fingerprint density at radius 2 is 1.84 bits per heavy atom. The van der Waals surface area contributed by atoms with Crippen LogP contribution in [0.15, 0.2) is 54.9 Å². The number of Topliss-reactive ketones (excluding diaryl/α,β-unsaturated/α-hetero) is 1. The summed E-state index contributed by atoms with van der Waals surface area (Å²) < 4.78 is 26.8. The number of fused-ring (bicyclic) bond motifs is 1. The third-order valence-electron chi connectivity index (χ3n) is 6.81. The van der Waals surface area contributed by atoms with Crippen LogP contribution in [0.2, 0.25) is 0 Å². The molecule has 37 heavy (non-hydrogen) atoms. The third kappa shape index (κ3) is 5.98. The van der Waals surface area contributed by atoms with E-state index in [4.69, 9.17) is 9.47 Å². The number of rotatable bonds is 10. The molecule has 6 nitrogen and oxygen atoms in total. The molecule has 1 aromatic heterocycles. The Labute approximate surface area is 217 Å². The maximum atomic E-state index is 13.3. The van der Waals surface area contributed by atoms with E-state index >= 15 is 0 Å². The molecule has 1 atom stereocenters. The topological polar surface area (TPSA) is 70.4 Å². The van der Waals surface area contributed by atoms with Crippen LogP contribution in [-0.2, 0) is 34.2 Å². The number of aryl methyl sites for hydroxylation is 3. The number of hydrogen-bond donors (Lipinski definition) is 0. The van der Waals surface area contributed by atoms with Crippen molar-refractivity contribution in [3.8, 4) is 5.75 Å². The van der Waals surface area contributed by atoms with Crippen LogP contribution in [-0.4, -0.2) is 34.0 Å². The maximum Gasteiger partial charge on any atom is 0.319 e. The van der Waals surface area contributed by atoms with Crippen LogP contribution < -0.4 is 4.74 Å². The number of carbonyl (C=O) groups is 2. The van der Waals surface area contributed by atoms with E-state index in [1.807, 2.05) is 36.0 Å². The Morgan fingerprint density at radius 1 is 1.11 bits per heavy atom. The second-order valence-corrected chi connectivity index (χ2v) is 9.87. The smallest absolute Gasteiger partial charge is 0.319 e. The van der Waals surface area contributed by atoms with E-state index in [1.165, 1.54) is 12.1 Å². The first-order chi connectivity index (χ1) is 17.7. The fourth-order valence-corrected chi connectivity index (χ4v) is 4.46. The molecule has 1 aliphatic rings. The van der Waals surface area contributed by atoms with Crippen molar-refractivity contribution in [1.29, 1.82) is 0 Å². The molecule has 0 aliphatic carbocycles. The Morgan fingerprint density at radius 3 is 2.51 bits per heavy atom. The molecule has 1 unspecified atom stereocenters. The lowest BCUT2D eigenvalue weighted by Gasteiger charge is -2.28. The molecule has 0 fully saturated rings. The zero-order valence-electron chi connectivity index (χ0n) is 21.8. The van der Waals surface area contributed by atoms with Crippen LogP contribution in [0.5, 0.6) is 5.75 Å². The summed E-state index contributed by atoms with van der Waals surface area (Å²) in [5, 5.41) is 0. The van der Waals surface area contributed by atoms with Crippen molar-refractivity contribution in [2.24, 2.45) is 12.5 Å². The van der Waals surface area contributed by atoms with Crippen LogP contribution in [0.4, 0.5) is 4.39 Å². The van der Waals surface area contributed by atoms with Gasteiger partial charge in [0.2, 0.25) is 0 Å². The summed E-state index contributed by atoms with van der Waals surface area (Å²) in [5.41, 5.74) is 2.75. The lowest BCUT2D eigenvalue weighted by molar-refractivity contribution is -0.157. The molecular weight excluding hydrogens is 471 g/mol. The summed E-state index contributed by atoms with van der Waals surface area (Å²) in [5.74, 6) is 0.704. The quantitative estimate of drug-likeness (QED) is 0.266. The highest BCUT2D eigenvalue weighted by atomic mass is 19.1. The molecule has 0 radical (unpaired) electrons. The molecule has 7 heteroatoms. The first-order valence-electron chi connectivity index (χ1n) is 12.6. The predicted octanol–water partition coefficient (Wildman–Crippen LogP) is 5.58. The molecule has 2 aromatic carbocycles. The van der Waals surface area contributed by atoms with Gasteiger partial charge >= 0.3 is 5.97 Å². The molecule has 194 valence electrons. The van der Waals surface area contributed by atoms with Gasteiger partial charge in [-0.05, 0) is 81.5 Å². The van der Waals surface area contributed by atoms with Gasteiger partial charge in [0.05, 0.1) is 6.61 Å². The van der Waals surface area contributed by atoms with Gasteiger partial charge in [-0.25, -0.2) is 9.37 Å². The molecule has 0 bridgehead atoms. The van der Waals surface area contributed by atoms with Crippen molar-refractivity contribution in [1.82, 2.24) is 9.55 Å². The summed E-state index contributed by atoms with van der Waals surface area (Å²) in [6, 6.07) is 12.5. The summed E-state index contributed by atoms with van der Waals surface area (Å²) in [6.07, 6.45) is 7.74. The average molecular weight is 505 g/mol. The van der Waals surface area contributed by atoms with Gasteiger partial charge in [-0.1, -0.05) is 18.2 Å². The van der Waals surface area contributed by atoms with Gasteiger partial charge in [-0.15, -0.1) is 0 Å². The Balaban J connectivity index is 1.53. The minimum Gasteiger partial charge on any atom is -0.485 e. The number of carbonyl (C=O) groups excluding carboxylic acids is 2. The van der Waals surface area contributed by atoms with Crippen LogP contribution >= 0.6 is 0 Å². The summed E-state index contributed by atoms with van der Waals surface area (Å²) in [4.78, 5) is 29.5. The van der Waals surface area contributed by atoms with Gasteiger partial charge in [-0.3, -0.25) is 9.59 Å². The number of benzene rings is 2. The third-order valence-corrected chi connectivity index (χ3v) is 6.81. The maximum absolute atomic E-state index is 13.3. The minimum atomic E-state index is -1.17. The number of imidazole rings is 1. The normalized spacial score (nSPS) is 14.9. The SMILES string of the molecule is CCOC(=O)C(C)(C)C(=O)CCc1ccc2c(c1)C=C(c1nccn1C)C(CCc1ccc(F)cc1)O2. The fourth-order valence-electron chi connectivity index (χ4n) is 4.46. The highest BCUT2D eigenvalue weighted by Crippen LogP contribution is 2.36. The highest BCUT2D eigenvalue weighted by Gasteiger charge is 2.36. The number of halogens is 1. The van der Waals surface area contributed by atoms with Gasteiger partial charge in [0.15, 0.2) is 0 Å². The van der Waals surface area contributed by atoms with Crippen LogP contribution in [0.1, 0.15) is 56.1 Å². The molecule has 0 N–H and O–H groups in total. The van der Waals surface area contributed by atoms with Crippen molar-refractivity contribution in [3.63, 3.8) is 0 Å². The lowest BCUT2D eigenvalue weighted by atomic mass is 9.85. The van der Waals surface area contributed by atoms with Gasteiger partial charge in [0.25, 0.3) is 0 Å². The first-order valence-corrected chi connectivity index (χ1v) is 12.6. The van der Waals surface area contributed by atoms with Gasteiger partial charge < -0.3 is 14.0 Å². The van der Waals surface area contributed by atoms with Crippen molar-refractivity contribution >= 4 is 23.4 Å². The van der Waals surface area contributed by atoms with Gasteiger partial charge in [-0.2, -0.15) is 0 Å². The van der Waals surface area contributed by atoms with E-state index in [-0.39, 0.29) is 30.7 Å². The summed E-state index contributed by atoms with van der Waals surface area (Å²) >= 11 is 0. The van der Waals surface area contributed by atoms with E-state index in [0.29, 0.717) is 12.8 Å². The molecule has 1 aliphatic heterocycles. The standard InChI is InChI=1S/C30H33FN2O4/c1-5-36-29(35)30(2,3)27(34)15-10-21-9-13-25-22(18-21)19-24(28-32-16-17-33(28)4)26(37-25)14-8-20-6-11-23(31)12-7-20/h6-7,9,11-13,16-19,26H,5,8,10,14-15H2,1-4H3. The van der Waals surface area contributed by atoms with Crippen LogP contribution in [0, 0.1) is 11.2 Å². The molecule has 0 saturated heterocycles. The summed E-state index contributed by atoms with van der Waals surface area (Å²) in [6.45, 7) is 5.20. The number of esters is 1. The van der Waals surface area contributed by atoms with Crippen molar-refractivity contribution < 1.29 is 23.5 Å². The Kier molecular flexibility index (Phi) is 7.91. The number of nitrogens with zero attached hydrogens (tertiary/aromatic N) is 2. The van der Waals surface area contributed by atoms with Crippen LogP contribution in [0.25, 0.3) is 11.6 Å². The van der Waals surface area contributed by atoms with Crippen LogP contribution in [0.3, 0.4) is 0 Å². The van der Waals surface area contributed by atoms with E-state index in [1.54, 1.807) is 39.1 Å². The molecule has 3 aromatic rings. The highest BCUT2D eigenvalue weighted by molar-refractivity contribution is 6.03. The lowest BCUT2D eigenvalue weighted by Crippen LogP contribution is -2.35. The van der Waals surface area contributed by atoms with Crippen molar-refractivity contribution in [2.75, 3.05) is 6.61 Å². The number of hydrogen-bond acceptors (Lipinski definition) is 5. The zero-order chi connectivity index (χ0) is 26.6.